The average Bonchev–Trinajstić information content (AvgIpc) is 2.96. The van der Waals surface area contributed by atoms with Gasteiger partial charge in [-0.25, -0.2) is 14.1 Å². The SMILES string of the molecule is N#Cc1c(CCCNc2ncccc2F)nn(-c2ccccc2)c1N. The minimum Gasteiger partial charge on any atom is -0.382 e. The Labute approximate surface area is 144 Å². The summed E-state index contributed by atoms with van der Waals surface area (Å²) in [7, 11) is 0. The summed E-state index contributed by atoms with van der Waals surface area (Å²) in [4.78, 5) is 3.94. The molecule has 3 aromatic rings. The van der Waals surface area contributed by atoms with E-state index in [1.54, 1.807) is 10.7 Å². The minimum absolute atomic E-state index is 0.220. The van der Waals surface area contributed by atoms with E-state index in [-0.39, 0.29) is 5.82 Å². The van der Waals surface area contributed by atoms with Gasteiger partial charge in [0.2, 0.25) is 0 Å². The number of nitriles is 1. The largest absolute Gasteiger partial charge is 0.382 e. The van der Waals surface area contributed by atoms with Crippen molar-refractivity contribution in [2.45, 2.75) is 12.8 Å². The molecule has 1 aromatic carbocycles. The van der Waals surface area contributed by atoms with Crippen molar-refractivity contribution in [1.82, 2.24) is 14.8 Å². The number of nitrogens with one attached hydrogen (secondary N) is 1. The van der Waals surface area contributed by atoms with E-state index in [1.165, 1.54) is 12.3 Å². The molecule has 3 rings (SSSR count). The molecule has 0 unspecified atom stereocenters. The maximum absolute atomic E-state index is 13.5. The molecule has 0 aliphatic rings. The predicted octanol–water partition coefficient (Wildman–Crippen LogP) is 2.90. The number of halogens is 1. The minimum atomic E-state index is -0.391. The first-order chi connectivity index (χ1) is 12.2. The Hall–Kier alpha value is -3.40. The zero-order chi connectivity index (χ0) is 17.6. The first-order valence-corrected chi connectivity index (χ1v) is 7.88. The Morgan fingerprint density at radius 1 is 1.20 bits per heavy atom. The van der Waals surface area contributed by atoms with Crippen molar-refractivity contribution in [3.8, 4) is 11.8 Å². The van der Waals surface area contributed by atoms with E-state index >= 15 is 0 Å². The molecule has 7 heteroatoms. The summed E-state index contributed by atoms with van der Waals surface area (Å²) in [6.45, 7) is 0.511. The third kappa shape index (κ3) is 3.58. The lowest BCUT2D eigenvalue weighted by atomic mass is 10.1. The van der Waals surface area contributed by atoms with Gasteiger partial charge in [0.25, 0.3) is 0 Å². The monoisotopic (exact) mass is 336 g/mol. The molecule has 0 aliphatic heterocycles. The number of aryl methyl sites for hydroxylation is 1. The van der Waals surface area contributed by atoms with Crippen molar-refractivity contribution in [3.63, 3.8) is 0 Å². The summed E-state index contributed by atoms with van der Waals surface area (Å²) in [5.41, 5.74) is 7.88. The van der Waals surface area contributed by atoms with E-state index < -0.39 is 5.82 Å². The summed E-state index contributed by atoms with van der Waals surface area (Å²) < 4.78 is 15.1. The van der Waals surface area contributed by atoms with Crippen LogP contribution in [0.25, 0.3) is 5.69 Å². The topological polar surface area (TPSA) is 92.5 Å². The molecule has 6 nitrogen and oxygen atoms in total. The highest BCUT2D eigenvalue weighted by molar-refractivity contribution is 5.56. The second kappa shape index (κ2) is 7.45. The standard InChI is InChI=1S/C18H17FN6/c19-15-8-4-10-22-18(15)23-11-5-9-16-14(12-20)17(21)25(24-16)13-6-2-1-3-7-13/h1-4,6-8,10H,5,9,11,21H2,(H,22,23). The fraction of sp³-hybridized carbons (Fsp3) is 0.167. The third-order valence-corrected chi connectivity index (χ3v) is 3.75. The lowest BCUT2D eigenvalue weighted by molar-refractivity contribution is 0.623. The first kappa shape index (κ1) is 16.5. The van der Waals surface area contributed by atoms with Gasteiger partial charge in [-0.05, 0) is 37.1 Å². The highest BCUT2D eigenvalue weighted by Crippen LogP contribution is 2.21. The summed E-state index contributed by atoms with van der Waals surface area (Å²) in [5, 5.41) is 16.8. The second-order valence-electron chi connectivity index (χ2n) is 5.43. The van der Waals surface area contributed by atoms with E-state index in [2.05, 4.69) is 21.5 Å². The molecule has 0 radical (unpaired) electrons. The summed E-state index contributed by atoms with van der Waals surface area (Å²) in [6, 6.07) is 14.4. The Balaban J connectivity index is 1.69. The number of nitrogen functional groups attached to an aromatic ring is 1. The molecule has 0 spiro atoms. The quantitative estimate of drug-likeness (QED) is 0.675. The van der Waals surface area contributed by atoms with Crippen LogP contribution in [0.2, 0.25) is 0 Å². The number of hydrogen-bond donors (Lipinski definition) is 2. The van der Waals surface area contributed by atoms with Gasteiger partial charge in [-0.3, -0.25) is 0 Å². The zero-order valence-corrected chi connectivity index (χ0v) is 13.5. The van der Waals surface area contributed by atoms with Crippen LogP contribution in [0.4, 0.5) is 16.0 Å². The van der Waals surface area contributed by atoms with Gasteiger partial charge in [-0.1, -0.05) is 18.2 Å². The molecule has 0 fully saturated rings. The normalized spacial score (nSPS) is 10.4. The molecule has 0 bridgehead atoms. The molecule has 0 saturated heterocycles. The lowest BCUT2D eigenvalue weighted by Gasteiger charge is -2.05. The van der Waals surface area contributed by atoms with E-state index in [4.69, 9.17) is 5.73 Å². The van der Waals surface area contributed by atoms with Crippen molar-refractivity contribution in [3.05, 3.63) is 65.7 Å². The zero-order valence-electron chi connectivity index (χ0n) is 13.5. The molecule has 0 aliphatic carbocycles. The predicted molar refractivity (Wildman–Crippen MR) is 93.7 cm³/mol. The fourth-order valence-electron chi connectivity index (χ4n) is 2.52. The highest BCUT2D eigenvalue weighted by Gasteiger charge is 2.16. The van der Waals surface area contributed by atoms with Gasteiger partial charge in [-0.2, -0.15) is 10.4 Å². The van der Waals surface area contributed by atoms with E-state index in [9.17, 15) is 9.65 Å². The van der Waals surface area contributed by atoms with Crippen LogP contribution in [0.1, 0.15) is 17.7 Å². The van der Waals surface area contributed by atoms with Gasteiger partial charge >= 0.3 is 0 Å². The van der Waals surface area contributed by atoms with Gasteiger partial charge in [0.1, 0.15) is 17.5 Å². The number of nitrogens with zero attached hydrogens (tertiary/aromatic N) is 4. The molecule has 2 heterocycles. The first-order valence-electron chi connectivity index (χ1n) is 7.88. The Bertz CT molecular complexity index is 898. The Morgan fingerprint density at radius 2 is 2.00 bits per heavy atom. The van der Waals surface area contributed by atoms with Crippen LogP contribution in [0.15, 0.2) is 48.7 Å². The number of hydrogen-bond acceptors (Lipinski definition) is 5. The fourth-order valence-corrected chi connectivity index (χ4v) is 2.52. The molecular formula is C18H17FN6. The molecule has 0 amide bonds. The molecule has 0 saturated carbocycles. The Kier molecular flexibility index (Phi) is 4.90. The third-order valence-electron chi connectivity index (χ3n) is 3.75. The number of aromatic nitrogens is 3. The van der Waals surface area contributed by atoms with Gasteiger partial charge in [0.05, 0.1) is 11.4 Å². The number of pyridine rings is 1. The van der Waals surface area contributed by atoms with Crippen LogP contribution in [-0.2, 0) is 6.42 Å². The van der Waals surface area contributed by atoms with Crippen LogP contribution in [-0.4, -0.2) is 21.3 Å². The van der Waals surface area contributed by atoms with E-state index in [0.717, 1.165) is 5.69 Å². The van der Waals surface area contributed by atoms with Crippen molar-refractivity contribution in [2.75, 3.05) is 17.6 Å². The molecule has 25 heavy (non-hydrogen) atoms. The molecule has 3 N–H and O–H groups in total. The Morgan fingerprint density at radius 3 is 2.72 bits per heavy atom. The van der Waals surface area contributed by atoms with Crippen LogP contribution >= 0.6 is 0 Å². The lowest BCUT2D eigenvalue weighted by Crippen LogP contribution is -2.07. The van der Waals surface area contributed by atoms with Crippen LogP contribution in [0.3, 0.4) is 0 Å². The van der Waals surface area contributed by atoms with Gasteiger partial charge in [0.15, 0.2) is 11.6 Å². The summed E-state index contributed by atoms with van der Waals surface area (Å²) >= 11 is 0. The number of nitrogens with two attached hydrogens (primary N) is 1. The molecule has 0 atom stereocenters. The maximum Gasteiger partial charge on any atom is 0.165 e. The average molecular weight is 336 g/mol. The highest BCUT2D eigenvalue weighted by atomic mass is 19.1. The van der Waals surface area contributed by atoms with Gasteiger partial charge in [0, 0.05) is 12.7 Å². The smallest absolute Gasteiger partial charge is 0.165 e. The summed E-state index contributed by atoms with van der Waals surface area (Å²) in [6.07, 6.45) is 2.74. The van der Waals surface area contributed by atoms with E-state index in [0.29, 0.717) is 36.5 Å². The number of benzene rings is 1. The van der Waals surface area contributed by atoms with Crippen molar-refractivity contribution in [1.29, 1.82) is 5.26 Å². The second-order valence-corrected chi connectivity index (χ2v) is 5.43. The number of rotatable bonds is 6. The molecular weight excluding hydrogens is 319 g/mol. The maximum atomic E-state index is 13.5. The molecule has 126 valence electrons. The van der Waals surface area contributed by atoms with E-state index in [1.807, 2.05) is 30.3 Å². The van der Waals surface area contributed by atoms with Crippen LogP contribution < -0.4 is 11.1 Å². The van der Waals surface area contributed by atoms with Crippen LogP contribution in [0.5, 0.6) is 0 Å². The number of anilines is 2. The summed E-state index contributed by atoms with van der Waals surface area (Å²) in [5.74, 6) is 0.155. The van der Waals surface area contributed by atoms with Gasteiger partial charge in [-0.15, -0.1) is 0 Å². The van der Waals surface area contributed by atoms with Gasteiger partial charge < -0.3 is 11.1 Å². The van der Waals surface area contributed by atoms with Crippen molar-refractivity contribution < 1.29 is 4.39 Å². The molecule has 2 aromatic heterocycles. The van der Waals surface area contributed by atoms with Crippen LogP contribution in [0, 0.1) is 17.1 Å². The van der Waals surface area contributed by atoms with Crippen molar-refractivity contribution >= 4 is 11.6 Å². The number of para-hydroxylation sites is 1. The van der Waals surface area contributed by atoms with Crippen molar-refractivity contribution in [2.24, 2.45) is 0 Å².